The maximum Gasteiger partial charge on any atom is 0.247 e. The van der Waals surface area contributed by atoms with Crippen LogP contribution >= 0.6 is 0 Å². The second-order valence-corrected chi connectivity index (χ2v) is 10.3. The van der Waals surface area contributed by atoms with Crippen molar-refractivity contribution >= 4 is 11.8 Å². The molecule has 220 valence electrons. The Balaban J connectivity index is 1.59. The van der Waals surface area contributed by atoms with Gasteiger partial charge in [0.2, 0.25) is 11.8 Å². The minimum absolute atomic E-state index is 0.000721. The first-order valence-corrected chi connectivity index (χ1v) is 13.7. The van der Waals surface area contributed by atoms with Gasteiger partial charge in [0.15, 0.2) is 11.5 Å². The maximum absolute atomic E-state index is 13.9. The quantitative estimate of drug-likeness (QED) is 0.291. The van der Waals surface area contributed by atoms with Crippen LogP contribution in [-0.2, 0) is 29.2 Å². The second kappa shape index (κ2) is 12.7. The lowest BCUT2D eigenvalue weighted by atomic mass is 9.77. The van der Waals surface area contributed by atoms with Crippen LogP contribution in [0, 0.1) is 5.82 Å². The van der Waals surface area contributed by atoms with Crippen molar-refractivity contribution in [2.75, 3.05) is 20.3 Å². The van der Waals surface area contributed by atoms with Gasteiger partial charge in [-0.2, -0.15) is 0 Å². The first-order valence-electron chi connectivity index (χ1n) is 13.7. The molecule has 0 unspecified atom stereocenters. The lowest BCUT2D eigenvalue weighted by molar-refractivity contribution is -0.137. The highest BCUT2D eigenvalue weighted by Gasteiger charge is 2.51. The summed E-state index contributed by atoms with van der Waals surface area (Å²) in [5, 5.41) is 33.7. The van der Waals surface area contributed by atoms with E-state index in [4.69, 9.17) is 9.47 Å². The standard InChI is InChI=1S/C32H33FN2O7/c1-41-26-14-21(18-37)13-23-28-24(32(40)34-11-12-36)16-25(29(39)31(28)42-30(23)26)35(17-20-7-9-22(33)10-8-20)27(38)15-19-5-3-2-4-6-19/h2-10,13-14,16,25,28-29,31,36-37,39H,11-12,15,17-18H2,1H3,(H,34,40)/t25-,28+,29+,31+/m1/s1. The Bertz CT molecular complexity index is 1460. The van der Waals surface area contributed by atoms with E-state index in [2.05, 4.69) is 5.32 Å². The summed E-state index contributed by atoms with van der Waals surface area (Å²) in [5.41, 5.74) is 2.75. The smallest absolute Gasteiger partial charge is 0.247 e. The van der Waals surface area contributed by atoms with Gasteiger partial charge in [0.1, 0.15) is 18.0 Å². The number of halogens is 1. The molecule has 1 aliphatic heterocycles. The third-order valence-corrected chi connectivity index (χ3v) is 7.64. The van der Waals surface area contributed by atoms with Gasteiger partial charge in [0.25, 0.3) is 0 Å². The third-order valence-electron chi connectivity index (χ3n) is 7.64. The third kappa shape index (κ3) is 5.87. The second-order valence-electron chi connectivity index (χ2n) is 10.3. The van der Waals surface area contributed by atoms with Crippen molar-refractivity contribution in [2.45, 2.75) is 43.7 Å². The number of amides is 2. The average molecular weight is 577 g/mol. The fraction of sp³-hybridized carbons (Fsp3) is 0.312. The Morgan fingerprint density at radius 3 is 2.43 bits per heavy atom. The zero-order chi connectivity index (χ0) is 29.8. The van der Waals surface area contributed by atoms with E-state index in [-0.39, 0.29) is 44.2 Å². The van der Waals surface area contributed by atoms with Crippen molar-refractivity contribution < 1.29 is 38.8 Å². The molecule has 1 heterocycles. The summed E-state index contributed by atoms with van der Waals surface area (Å²) in [7, 11) is 1.46. The van der Waals surface area contributed by atoms with Gasteiger partial charge in [-0.15, -0.1) is 0 Å². The van der Waals surface area contributed by atoms with Gasteiger partial charge in [0, 0.05) is 24.2 Å². The van der Waals surface area contributed by atoms with Gasteiger partial charge >= 0.3 is 0 Å². The van der Waals surface area contributed by atoms with E-state index in [0.717, 1.165) is 5.56 Å². The highest BCUT2D eigenvalue weighted by atomic mass is 19.1. The van der Waals surface area contributed by atoms with Gasteiger partial charge in [-0.3, -0.25) is 9.59 Å². The molecule has 3 aromatic rings. The summed E-state index contributed by atoms with van der Waals surface area (Å²) in [6.07, 6.45) is -0.623. The minimum atomic E-state index is -1.26. The normalized spacial score (nSPS) is 20.5. The molecular formula is C32H33FN2O7. The molecule has 0 aromatic heterocycles. The molecule has 0 spiro atoms. The number of nitrogens with zero attached hydrogens (tertiary/aromatic N) is 1. The van der Waals surface area contributed by atoms with Crippen molar-refractivity contribution in [3.63, 3.8) is 0 Å². The first-order chi connectivity index (χ1) is 20.3. The molecule has 4 atom stereocenters. The van der Waals surface area contributed by atoms with Crippen LogP contribution in [0.1, 0.15) is 28.2 Å². The number of benzene rings is 3. The Labute approximate surface area is 242 Å². The van der Waals surface area contributed by atoms with Gasteiger partial charge in [-0.1, -0.05) is 42.5 Å². The number of ether oxygens (including phenoxy) is 2. The molecule has 0 fully saturated rings. The molecule has 2 aliphatic rings. The van der Waals surface area contributed by atoms with Gasteiger partial charge < -0.3 is 35.0 Å². The number of aliphatic hydroxyl groups is 3. The van der Waals surface area contributed by atoms with Crippen LogP contribution < -0.4 is 14.8 Å². The first kappa shape index (κ1) is 29.2. The van der Waals surface area contributed by atoms with E-state index in [1.807, 2.05) is 30.3 Å². The molecule has 3 aromatic carbocycles. The van der Waals surface area contributed by atoms with E-state index >= 15 is 0 Å². The monoisotopic (exact) mass is 576 g/mol. The summed E-state index contributed by atoms with van der Waals surface area (Å²) in [6, 6.07) is 17.2. The number of carbonyl (C=O) groups excluding carboxylic acids is 2. The van der Waals surface area contributed by atoms with Crippen molar-refractivity contribution in [1.82, 2.24) is 10.2 Å². The number of nitrogens with one attached hydrogen (secondary N) is 1. The topological polar surface area (TPSA) is 129 Å². The molecule has 9 nitrogen and oxygen atoms in total. The summed E-state index contributed by atoms with van der Waals surface area (Å²) in [6.45, 7) is -0.513. The SMILES string of the molecule is COc1cc(CO)cc2c1O[C@@H]1[C@@H](O)[C@H](N(Cc3ccc(F)cc3)C(=O)Cc3ccccc3)C=C(C(=O)NCCO)[C@H]21. The summed E-state index contributed by atoms with van der Waals surface area (Å²) >= 11 is 0. The molecule has 2 amide bonds. The zero-order valence-corrected chi connectivity index (χ0v) is 23.1. The van der Waals surface area contributed by atoms with Gasteiger partial charge in [0.05, 0.1) is 38.7 Å². The zero-order valence-electron chi connectivity index (χ0n) is 23.1. The molecule has 0 saturated heterocycles. The van der Waals surface area contributed by atoms with Crippen molar-refractivity contribution in [3.8, 4) is 11.5 Å². The highest BCUT2D eigenvalue weighted by Crippen LogP contribution is 2.51. The van der Waals surface area contributed by atoms with E-state index in [9.17, 15) is 29.3 Å². The molecule has 0 radical (unpaired) electrons. The van der Waals surface area contributed by atoms with Crippen molar-refractivity contribution in [1.29, 1.82) is 0 Å². The molecular weight excluding hydrogens is 543 g/mol. The number of rotatable bonds is 10. The lowest BCUT2D eigenvalue weighted by Gasteiger charge is -2.41. The summed E-state index contributed by atoms with van der Waals surface area (Å²) in [4.78, 5) is 28.8. The number of methoxy groups -OCH3 is 1. The molecule has 10 heteroatoms. The van der Waals surface area contributed by atoms with Crippen molar-refractivity contribution in [2.24, 2.45) is 0 Å². The number of carbonyl (C=O) groups is 2. The molecule has 4 N–H and O–H groups in total. The fourth-order valence-electron chi connectivity index (χ4n) is 5.64. The van der Waals surface area contributed by atoms with Crippen LogP contribution in [0.15, 0.2) is 78.4 Å². The van der Waals surface area contributed by atoms with E-state index < -0.39 is 35.9 Å². The van der Waals surface area contributed by atoms with E-state index in [0.29, 0.717) is 28.2 Å². The van der Waals surface area contributed by atoms with Crippen molar-refractivity contribution in [3.05, 3.63) is 106 Å². The Kier molecular flexibility index (Phi) is 8.86. The van der Waals surface area contributed by atoms with Crippen LogP contribution in [0.25, 0.3) is 0 Å². The van der Waals surface area contributed by atoms with Crippen LogP contribution in [-0.4, -0.2) is 70.5 Å². The molecule has 1 aliphatic carbocycles. The molecule has 0 saturated carbocycles. The molecule has 42 heavy (non-hydrogen) atoms. The lowest BCUT2D eigenvalue weighted by Crippen LogP contribution is -2.55. The Hall–Kier alpha value is -4.25. The Morgan fingerprint density at radius 2 is 1.76 bits per heavy atom. The van der Waals surface area contributed by atoms with E-state index in [1.165, 1.54) is 24.1 Å². The van der Waals surface area contributed by atoms with Gasteiger partial charge in [-0.05, 0) is 47.0 Å². The average Bonchev–Trinajstić information content (AvgIpc) is 3.40. The van der Waals surface area contributed by atoms with Crippen LogP contribution in [0.4, 0.5) is 4.39 Å². The molecule has 0 bridgehead atoms. The van der Waals surface area contributed by atoms with Crippen LogP contribution in [0.5, 0.6) is 11.5 Å². The van der Waals surface area contributed by atoms with E-state index in [1.54, 1.807) is 30.3 Å². The number of fused-ring (bicyclic) bond motifs is 3. The highest BCUT2D eigenvalue weighted by molar-refractivity contribution is 5.96. The van der Waals surface area contributed by atoms with Crippen LogP contribution in [0.3, 0.4) is 0 Å². The fourth-order valence-corrected chi connectivity index (χ4v) is 5.64. The largest absolute Gasteiger partial charge is 0.493 e. The summed E-state index contributed by atoms with van der Waals surface area (Å²) in [5.74, 6) is -1.27. The van der Waals surface area contributed by atoms with Crippen LogP contribution in [0.2, 0.25) is 0 Å². The summed E-state index contributed by atoms with van der Waals surface area (Å²) < 4.78 is 25.4. The van der Waals surface area contributed by atoms with Gasteiger partial charge in [-0.25, -0.2) is 4.39 Å². The predicted octanol–water partition coefficient (Wildman–Crippen LogP) is 2.22. The Morgan fingerprint density at radius 1 is 1.02 bits per heavy atom. The predicted molar refractivity (Wildman–Crippen MR) is 151 cm³/mol. The molecule has 5 rings (SSSR count). The maximum atomic E-state index is 13.9. The number of hydrogen-bond acceptors (Lipinski definition) is 7. The number of aliphatic hydroxyl groups excluding tert-OH is 3. The number of hydrogen-bond donors (Lipinski definition) is 4. The minimum Gasteiger partial charge on any atom is -0.493 e.